The Balaban J connectivity index is 0. The molecule has 1 nitrogen and oxygen atoms in total. The van der Waals surface area contributed by atoms with E-state index in [2.05, 4.69) is 11.1 Å². The maximum Gasteiger partial charge on any atom is 3.00 e. The molecule has 196 valence electrons. The number of nitrogens with zero attached hydrogens (tertiary/aromatic N) is 1. The summed E-state index contributed by atoms with van der Waals surface area (Å²) in [6.45, 7) is 0. The number of benzene rings is 1. The summed E-state index contributed by atoms with van der Waals surface area (Å²) in [6.07, 6.45) is -3.91. The van der Waals surface area contributed by atoms with Gasteiger partial charge >= 0.3 is 92.3 Å². The van der Waals surface area contributed by atoms with Crippen LogP contribution >= 0.6 is 15.6 Å². The second-order valence-electron chi connectivity index (χ2n) is 5.39. The van der Waals surface area contributed by atoms with Crippen LogP contribution in [0.3, 0.4) is 0 Å². The minimum Gasteiger partial charge on any atom is -0.304 e. The molecule has 0 spiro atoms. The third-order valence-electron chi connectivity index (χ3n) is 2.20. The standard InChI is InChI=1S/C12H5F5N.2F6P.Ir/c13-8-2-3-9(10(14)5-8)11-4-1-7(6-18-11)12(15,16)17;2*1-7(2,3,4,5)6;/h1-2,4-6H;;;/q3*-1;+3. The van der Waals surface area contributed by atoms with E-state index in [4.69, 9.17) is 0 Å². The first-order chi connectivity index (χ1) is 13.3. The fourth-order valence-corrected chi connectivity index (χ4v) is 1.35. The first-order valence-electron chi connectivity index (χ1n) is 6.81. The predicted molar refractivity (Wildman–Crippen MR) is 80.6 cm³/mol. The Morgan fingerprint density at radius 1 is 0.727 bits per heavy atom. The van der Waals surface area contributed by atoms with Crippen molar-refractivity contribution in [3.8, 4) is 11.3 Å². The van der Waals surface area contributed by atoms with Crippen LogP contribution < -0.4 is 0 Å². The molecule has 0 N–H and O–H groups in total. The minimum atomic E-state index is -10.7. The largest absolute Gasteiger partial charge is 3.00 e. The maximum atomic E-state index is 13.3. The number of pyridine rings is 1. The van der Waals surface area contributed by atoms with Gasteiger partial charge in [-0.15, -0.1) is 12.1 Å². The molecule has 2 rings (SSSR count). The van der Waals surface area contributed by atoms with Crippen LogP contribution in [-0.4, -0.2) is 4.98 Å². The third kappa shape index (κ3) is 25.2. The fourth-order valence-electron chi connectivity index (χ4n) is 1.35. The van der Waals surface area contributed by atoms with E-state index in [1.807, 2.05) is 0 Å². The zero-order chi connectivity index (χ0) is 26.2. The Kier molecular flexibility index (Phi) is 8.64. The van der Waals surface area contributed by atoms with Gasteiger partial charge in [-0.05, 0) is 5.69 Å². The summed E-state index contributed by atoms with van der Waals surface area (Å²) in [5.41, 5.74) is -1.15. The summed E-state index contributed by atoms with van der Waals surface area (Å²) >= 11 is 0. The van der Waals surface area contributed by atoms with Crippen molar-refractivity contribution in [3.05, 3.63) is 53.7 Å². The monoisotopic (exact) mass is 741 g/mol. The van der Waals surface area contributed by atoms with Gasteiger partial charge in [-0.2, -0.15) is 13.2 Å². The fraction of sp³-hybridized carbons (Fsp3) is 0.0833. The molecular formula is C12H5F17IrNP2. The second kappa shape index (κ2) is 8.42. The van der Waals surface area contributed by atoms with Crippen molar-refractivity contribution in [3.63, 3.8) is 0 Å². The normalized spacial score (nSPS) is 16.2. The first-order valence-corrected chi connectivity index (χ1v) is 10.9. The van der Waals surface area contributed by atoms with Crippen molar-refractivity contribution in [1.82, 2.24) is 4.98 Å². The van der Waals surface area contributed by atoms with E-state index in [0.717, 1.165) is 18.2 Å². The molecule has 0 atom stereocenters. The second-order valence-corrected chi connectivity index (χ2v) is 9.22. The van der Waals surface area contributed by atoms with Crippen molar-refractivity contribution in [2.24, 2.45) is 0 Å². The number of aromatic nitrogens is 1. The van der Waals surface area contributed by atoms with Crippen LogP contribution in [0.2, 0.25) is 0 Å². The van der Waals surface area contributed by atoms with E-state index in [0.29, 0.717) is 12.3 Å². The summed E-state index contributed by atoms with van der Waals surface area (Å²) in [4.78, 5) is 3.49. The molecule has 0 aliphatic carbocycles. The van der Waals surface area contributed by atoms with Crippen LogP contribution in [0.25, 0.3) is 11.3 Å². The van der Waals surface area contributed by atoms with Crippen LogP contribution in [0.4, 0.5) is 72.3 Å². The third-order valence-corrected chi connectivity index (χ3v) is 2.20. The van der Waals surface area contributed by atoms with Gasteiger partial charge in [0.1, 0.15) is 0 Å². The average molecular weight is 740 g/mol. The quantitative estimate of drug-likeness (QED) is 0.161. The molecule has 0 aliphatic rings. The van der Waals surface area contributed by atoms with Crippen LogP contribution in [-0.2, 0) is 26.3 Å². The van der Waals surface area contributed by atoms with Crippen molar-refractivity contribution in [1.29, 1.82) is 0 Å². The van der Waals surface area contributed by atoms with E-state index in [1.165, 1.54) is 0 Å². The van der Waals surface area contributed by atoms with Crippen LogP contribution in [0.15, 0.2) is 30.5 Å². The molecule has 1 aromatic carbocycles. The summed E-state index contributed by atoms with van der Waals surface area (Å²) in [5, 5.41) is 0. The van der Waals surface area contributed by atoms with Crippen molar-refractivity contribution in [2.75, 3.05) is 0 Å². The summed E-state index contributed by atoms with van der Waals surface area (Å²) < 4.78 is 181. The Bertz CT molecular complexity index is 894. The van der Waals surface area contributed by atoms with E-state index in [1.54, 1.807) is 0 Å². The van der Waals surface area contributed by atoms with Gasteiger partial charge in [-0.3, -0.25) is 8.78 Å². The number of hydrogen-bond donors (Lipinski definition) is 0. The molecule has 1 aromatic heterocycles. The molecule has 2 aromatic rings. The Labute approximate surface area is 184 Å². The summed E-state index contributed by atoms with van der Waals surface area (Å²) in [6, 6.07) is 5.57. The Morgan fingerprint density at radius 3 is 1.39 bits per heavy atom. The molecule has 0 bridgehead atoms. The minimum absolute atomic E-state index is 0. The topological polar surface area (TPSA) is 12.9 Å². The number of alkyl halides is 3. The zero-order valence-electron chi connectivity index (χ0n) is 14.5. The molecule has 0 saturated heterocycles. The predicted octanol–water partition coefficient (Wildman–Crippen LogP) is 10.6. The molecule has 0 fully saturated rings. The van der Waals surface area contributed by atoms with Gasteiger partial charge in [0.15, 0.2) is 0 Å². The number of hydrogen-bond acceptors (Lipinski definition) is 1. The molecular weight excluding hydrogens is 735 g/mol. The van der Waals surface area contributed by atoms with Gasteiger partial charge < -0.3 is 4.98 Å². The SMILES string of the molecule is F[P-](F)(F)(F)(F)F.F[P-](F)(F)(F)(F)F.Fc1c[c-]c(-c2ccc(C(F)(F)F)cn2)c(F)c1.[Ir+3]. The van der Waals surface area contributed by atoms with Gasteiger partial charge in [-0.25, -0.2) is 0 Å². The van der Waals surface area contributed by atoms with E-state index in [-0.39, 0.29) is 31.4 Å². The molecule has 0 unspecified atom stereocenters. The molecule has 33 heavy (non-hydrogen) atoms. The molecule has 0 aliphatic heterocycles. The van der Waals surface area contributed by atoms with Crippen LogP contribution in [0, 0.1) is 17.7 Å². The first kappa shape index (κ1) is 33.9. The smallest absolute Gasteiger partial charge is 0.304 e. The van der Waals surface area contributed by atoms with Gasteiger partial charge in [0.05, 0.1) is 5.56 Å². The molecule has 0 saturated carbocycles. The van der Waals surface area contributed by atoms with Crippen molar-refractivity contribution in [2.45, 2.75) is 6.18 Å². The molecule has 0 amide bonds. The van der Waals surface area contributed by atoms with Gasteiger partial charge in [0.2, 0.25) is 0 Å². The van der Waals surface area contributed by atoms with Crippen molar-refractivity contribution >= 4 is 15.6 Å². The molecule has 21 heteroatoms. The van der Waals surface area contributed by atoms with Gasteiger partial charge in [0.25, 0.3) is 0 Å². The number of halogens is 17. The van der Waals surface area contributed by atoms with E-state index < -0.39 is 39.0 Å². The Hall–Kier alpha value is -1.31. The average Bonchev–Trinajstić information content (AvgIpc) is 2.39. The van der Waals surface area contributed by atoms with Crippen LogP contribution in [0.5, 0.6) is 0 Å². The van der Waals surface area contributed by atoms with Gasteiger partial charge in [0, 0.05) is 17.8 Å². The molecule has 1 heterocycles. The van der Waals surface area contributed by atoms with E-state index in [9.17, 15) is 72.3 Å². The molecule has 0 radical (unpaired) electrons. The number of rotatable bonds is 1. The van der Waals surface area contributed by atoms with Crippen molar-refractivity contribution < 1.29 is 92.4 Å². The van der Waals surface area contributed by atoms with Gasteiger partial charge in [-0.1, -0.05) is 23.8 Å². The maximum absolute atomic E-state index is 13.3. The Morgan fingerprint density at radius 2 is 1.12 bits per heavy atom. The zero-order valence-corrected chi connectivity index (χ0v) is 18.7. The van der Waals surface area contributed by atoms with E-state index >= 15 is 0 Å². The summed E-state index contributed by atoms with van der Waals surface area (Å²) in [5.74, 6) is -1.74. The summed E-state index contributed by atoms with van der Waals surface area (Å²) in [7, 11) is -21.3. The van der Waals surface area contributed by atoms with Crippen LogP contribution in [0.1, 0.15) is 5.56 Å².